The van der Waals surface area contributed by atoms with Gasteiger partial charge in [-0.15, -0.1) is 0 Å². The molecule has 4 rings (SSSR count). The molecule has 0 spiro atoms. The largest absolute Gasteiger partial charge is 0.503 e. The summed E-state index contributed by atoms with van der Waals surface area (Å²) < 4.78 is 5.77. The standard InChI is InChI=1S/C24H25BrN2O3S/c1-15-8-6-7-11-19(15)27-23(29)21(31-24(27)26-17-9-4-3-5-10-17)14-16-12-18(25)22(28)20(13-16)30-2/h3-5,9-10,12-15,19,28H,6-8,11H2,1-2H3/b21-14-,26-24?/t15-,19+/m0/s1. The Labute approximate surface area is 195 Å². The monoisotopic (exact) mass is 500 g/mol. The first-order valence-corrected chi connectivity index (χ1v) is 12.0. The third-order valence-corrected chi connectivity index (χ3v) is 7.37. The zero-order valence-electron chi connectivity index (χ0n) is 17.5. The number of amides is 1. The quantitative estimate of drug-likeness (QED) is 0.497. The number of aliphatic imine (C=N–C) groups is 1. The van der Waals surface area contributed by atoms with Gasteiger partial charge in [0.2, 0.25) is 0 Å². The Morgan fingerprint density at radius 2 is 1.97 bits per heavy atom. The molecule has 2 aromatic rings. The Morgan fingerprint density at radius 3 is 2.68 bits per heavy atom. The number of carbonyl (C=O) groups excluding carboxylic acids is 1. The van der Waals surface area contributed by atoms with Crippen LogP contribution in [0.25, 0.3) is 6.08 Å². The summed E-state index contributed by atoms with van der Waals surface area (Å²) in [5.74, 6) is 0.815. The maximum absolute atomic E-state index is 13.5. The van der Waals surface area contributed by atoms with E-state index in [9.17, 15) is 9.90 Å². The highest BCUT2D eigenvalue weighted by molar-refractivity contribution is 9.10. The first-order valence-electron chi connectivity index (χ1n) is 10.4. The number of aromatic hydroxyl groups is 1. The van der Waals surface area contributed by atoms with E-state index in [1.165, 1.54) is 25.3 Å². The molecule has 2 aliphatic rings. The number of rotatable bonds is 4. The number of benzene rings is 2. The van der Waals surface area contributed by atoms with Crippen LogP contribution in [0.15, 0.2) is 56.8 Å². The number of para-hydroxylation sites is 1. The molecule has 1 aliphatic heterocycles. The number of thioether (sulfide) groups is 1. The van der Waals surface area contributed by atoms with Crippen molar-refractivity contribution in [2.24, 2.45) is 10.9 Å². The first kappa shape index (κ1) is 22.0. The molecule has 1 heterocycles. The number of amidine groups is 1. The maximum atomic E-state index is 13.5. The van der Waals surface area contributed by atoms with Crippen molar-refractivity contribution in [2.75, 3.05) is 7.11 Å². The molecule has 1 N–H and O–H groups in total. The van der Waals surface area contributed by atoms with E-state index in [1.54, 1.807) is 12.1 Å². The summed E-state index contributed by atoms with van der Waals surface area (Å²) in [6.45, 7) is 2.23. The molecule has 0 radical (unpaired) electrons. The van der Waals surface area contributed by atoms with Gasteiger partial charge in [0.05, 0.1) is 22.2 Å². The number of hydrogen-bond donors (Lipinski definition) is 1. The zero-order chi connectivity index (χ0) is 22.0. The lowest BCUT2D eigenvalue weighted by Gasteiger charge is -2.35. The van der Waals surface area contributed by atoms with Crippen LogP contribution < -0.4 is 4.74 Å². The van der Waals surface area contributed by atoms with Gasteiger partial charge in [-0.25, -0.2) is 4.99 Å². The minimum Gasteiger partial charge on any atom is -0.503 e. The third-order valence-electron chi connectivity index (χ3n) is 5.78. The number of hydrogen-bond acceptors (Lipinski definition) is 5. The summed E-state index contributed by atoms with van der Waals surface area (Å²) in [6, 6.07) is 13.4. The maximum Gasteiger partial charge on any atom is 0.267 e. The number of carbonyl (C=O) groups is 1. The van der Waals surface area contributed by atoms with Gasteiger partial charge in [-0.2, -0.15) is 0 Å². The second kappa shape index (κ2) is 9.49. The highest BCUT2D eigenvalue weighted by atomic mass is 79.9. The van der Waals surface area contributed by atoms with E-state index in [4.69, 9.17) is 9.73 Å². The molecule has 2 fully saturated rings. The van der Waals surface area contributed by atoms with Crippen LogP contribution in [0.1, 0.15) is 38.2 Å². The van der Waals surface area contributed by atoms with Crippen LogP contribution in [-0.2, 0) is 4.79 Å². The van der Waals surface area contributed by atoms with Crippen LogP contribution in [-0.4, -0.2) is 34.2 Å². The summed E-state index contributed by atoms with van der Waals surface area (Å²) in [5, 5.41) is 10.8. The van der Waals surface area contributed by atoms with Crippen molar-refractivity contribution in [1.29, 1.82) is 0 Å². The summed E-state index contributed by atoms with van der Waals surface area (Å²) in [5.41, 5.74) is 1.61. The second-order valence-corrected chi connectivity index (χ2v) is 9.76. The zero-order valence-corrected chi connectivity index (χ0v) is 19.9. The first-order chi connectivity index (χ1) is 15.0. The average Bonchev–Trinajstić information content (AvgIpc) is 3.06. The number of phenolic OH excluding ortho intramolecular Hbond substituents is 1. The lowest BCUT2D eigenvalue weighted by atomic mass is 9.85. The normalized spacial score (nSPS) is 24.2. The van der Waals surface area contributed by atoms with Gasteiger partial charge in [0.1, 0.15) is 0 Å². The molecule has 162 valence electrons. The fourth-order valence-electron chi connectivity index (χ4n) is 4.13. The van der Waals surface area contributed by atoms with Gasteiger partial charge in [0.25, 0.3) is 5.91 Å². The van der Waals surface area contributed by atoms with Gasteiger partial charge in [-0.05, 0) is 82.4 Å². The molecule has 7 heteroatoms. The Hall–Kier alpha value is -2.25. The second-order valence-electron chi connectivity index (χ2n) is 7.90. The Balaban J connectivity index is 1.74. The number of halogens is 1. The Bertz CT molecular complexity index is 1040. The molecule has 0 aromatic heterocycles. The molecule has 0 unspecified atom stereocenters. The lowest BCUT2D eigenvalue weighted by molar-refractivity contribution is -0.124. The van der Waals surface area contributed by atoms with E-state index in [0.29, 0.717) is 21.0 Å². The molecule has 1 saturated carbocycles. The highest BCUT2D eigenvalue weighted by Crippen LogP contribution is 2.41. The number of nitrogens with zero attached hydrogens (tertiary/aromatic N) is 2. The minimum absolute atomic E-state index is 0.0124. The summed E-state index contributed by atoms with van der Waals surface area (Å²) in [7, 11) is 1.50. The fourth-order valence-corrected chi connectivity index (χ4v) is 5.64. The fraction of sp³-hybridized carbons (Fsp3) is 0.333. The van der Waals surface area contributed by atoms with E-state index in [-0.39, 0.29) is 17.7 Å². The predicted octanol–water partition coefficient (Wildman–Crippen LogP) is 6.35. The number of phenols is 1. The van der Waals surface area contributed by atoms with Crippen LogP contribution >= 0.6 is 27.7 Å². The van der Waals surface area contributed by atoms with Gasteiger partial charge in [-0.3, -0.25) is 9.69 Å². The summed E-state index contributed by atoms with van der Waals surface area (Å²) in [6.07, 6.45) is 6.30. The van der Waals surface area contributed by atoms with Gasteiger partial charge >= 0.3 is 0 Å². The Kier molecular flexibility index (Phi) is 6.72. The highest BCUT2D eigenvalue weighted by Gasteiger charge is 2.41. The molecule has 2 aromatic carbocycles. The SMILES string of the molecule is COc1cc(/C=C2\SC(=Nc3ccccc3)N([C@@H]3CCCC[C@@H]3C)C2=O)cc(Br)c1O. The van der Waals surface area contributed by atoms with Crippen molar-refractivity contribution < 1.29 is 14.6 Å². The van der Waals surface area contributed by atoms with Crippen molar-refractivity contribution in [2.45, 2.75) is 38.6 Å². The lowest BCUT2D eigenvalue weighted by Crippen LogP contribution is -2.44. The van der Waals surface area contributed by atoms with E-state index in [0.717, 1.165) is 35.7 Å². The van der Waals surface area contributed by atoms with Gasteiger partial charge < -0.3 is 9.84 Å². The van der Waals surface area contributed by atoms with Crippen molar-refractivity contribution in [3.05, 3.63) is 57.4 Å². The minimum atomic E-state index is -0.0124. The summed E-state index contributed by atoms with van der Waals surface area (Å²) >= 11 is 4.76. The predicted molar refractivity (Wildman–Crippen MR) is 130 cm³/mol. The summed E-state index contributed by atoms with van der Waals surface area (Å²) in [4.78, 5) is 20.9. The van der Waals surface area contributed by atoms with Gasteiger partial charge in [0.15, 0.2) is 16.7 Å². The molecule has 1 amide bonds. The van der Waals surface area contributed by atoms with Crippen molar-refractivity contribution >= 4 is 50.5 Å². The molecule has 31 heavy (non-hydrogen) atoms. The number of methoxy groups -OCH3 is 1. The molecular formula is C24H25BrN2O3S. The topological polar surface area (TPSA) is 62.1 Å². The smallest absolute Gasteiger partial charge is 0.267 e. The number of ether oxygens (including phenoxy) is 1. The third kappa shape index (κ3) is 4.67. The van der Waals surface area contributed by atoms with E-state index >= 15 is 0 Å². The molecule has 1 aliphatic carbocycles. The van der Waals surface area contributed by atoms with Crippen LogP contribution in [0.2, 0.25) is 0 Å². The Morgan fingerprint density at radius 1 is 1.23 bits per heavy atom. The molecule has 1 saturated heterocycles. The average molecular weight is 501 g/mol. The van der Waals surface area contributed by atoms with Crippen LogP contribution in [0, 0.1) is 5.92 Å². The molecule has 5 nitrogen and oxygen atoms in total. The van der Waals surface area contributed by atoms with Crippen molar-refractivity contribution in [1.82, 2.24) is 4.90 Å². The van der Waals surface area contributed by atoms with Crippen molar-refractivity contribution in [3.8, 4) is 11.5 Å². The van der Waals surface area contributed by atoms with Crippen LogP contribution in [0.5, 0.6) is 11.5 Å². The van der Waals surface area contributed by atoms with Crippen LogP contribution in [0.4, 0.5) is 5.69 Å². The van der Waals surface area contributed by atoms with E-state index in [2.05, 4.69) is 22.9 Å². The molecule has 2 atom stereocenters. The van der Waals surface area contributed by atoms with Crippen LogP contribution in [0.3, 0.4) is 0 Å². The molecular weight excluding hydrogens is 476 g/mol. The van der Waals surface area contributed by atoms with Gasteiger partial charge in [0, 0.05) is 6.04 Å². The van der Waals surface area contributed by atoms with Crippen molar-refractivity contribution in [3.63, 3.8) is 0 Å². The van der Waals surface area contributed by atoms with Gasteiger partial charge in [-0.1, -0.05) is 38.0 Å². The van der Waals surface area contributed by atoms with E-state index < -0.39 is 0 Å². The molecule has 0 bridgehead atoms. The van der Waals surface area contributed by atoms with E-state index in [1.807, 2.05) is 41.3 Å².